The highest BCUT2D eigenvalue weighted by Crippen LogP contribution is 2.05. The van der Waals surface area contributed by atoms with Gasteiger partial charge in [-0.05, 0) is 0 Å². The predicted octanol–water partition coefficient (Wildman–Crippen LogP) is -0.100. The van der Waals surface area contributed by atoms with Gasteiger partial charge < -0.3 is 5.11 Å². The average molecular weight is 148 g/mol. The Morgan fingerprint density at radius 2 is 2.56 bits per heavy atom. The SMILES string of the molecule is O=C1C=CN(Cl)CC1O. The van der Waals surface area contributed by atoms with Crippen LogP contribution in [0.25, 0.3) is 0 Å². The summed E-state index contributed by atoms with van der Waals surface area (Å²) < 4.78 is 1.24. The van der Waals surface area contributed by atoms with Crippen molar-refractivity contribution >= 4 is 17.6 Å². The lowest BCUT2D eigenvalue weighted by Crippen LogP contribution is -2.32. The molecular formula is C5H6ClNO2. The molecule has 1 aliphatic heterocycles. The van der Waals surface area contributed by atoms with Gasteiger partial charge in [-0.2, -0.15) is 0 Å². The molecule has 0 aromatic rings. The monoisotopic (exact) mass is 147 g/mol. The summed E-state index contributed by atoms with van der Waals surface area (Å²) in [5, 5.41) is 8.82. The Hall–Kier alpha value is -0.540. The fraction of sp³-hybridized carbons (Fsp3) is 0.400. The second-order valence-corrected chi connectivity index (χ2v) is 2.25. The van der Waals surface area contributed by atoms with Crippen molar-refractivity contribution in [2.45, 2.75) is 6.10 Å². The highest BCUT2D eigenvalue weighted by atomic mass is 35.5. The number of halogens is 1. The number of nitrogens with zero attached hydrogens (tertiary/aromatic N) is 1. The molecule has 1 heterocycles. The van der Waals surface area contributed by atoms with Gasteiger partial charge >= 0.3 is 0 Å². The van der Waals surface area contributed by atoms with E-state index < -0.39 is 6.10 Å². The van der Waals surface area contributed by atoms with E-state index in [1.54, 1.807) is 0 Å². The van der Waals surface area contributed by atoms with Gasteiger partial charge in [-0.25, -0.2) is 0 Å². The molecule has 1 N–H and O–H groups in total. The summed E-state index contributed by atoms with van der Waals surface area (Å²) in [5.41, 5.74) is 0. The van der Waals surface area contributed by atoms with Gasteiger partial charge in [0.15, 0.2) is 5.78 Å². The normalized spacial score (nSPS) is 27.1. The highest BCUT2D eigenvalue weighted by Gasteiger charge is 2.18. The third-order valence-corrected chi connectivity index (χ3v) is 1.33. The topological polar surface area (TPSA) is 40.5 Å². The fourth-order valence-corrected chi connectivity index (χ4v) is 0.769. The van der Waals surface area contributed by atoms with Crippen molar-refractivity contribution < 1.29 is 9.90 Å². The summed E-state index contributed by atoms with van der Waals surface area (Å²) in [4.78, 5) is 10.5. The number of ketones is 1. The van der Waals surface area contributed by atoms with E-state index in [2.05, 4.69) is 0 Å². The Labute approximate surface area is 57.6 Å². The van der Waals surface area contributed by atoms with Gasteiger partial charge in [-0.1, -0.05) is 0 Å². The lowest BCUT2D eigenvalue weighted by atomic mass is 10.2. The van der Waals surface area contributed by atoms with Gasteiger partial charge in [-0.3, -0.25) is 9.21 Å². The Kier molecular flexibility index (Phi) is 1.73. The van der Waals surface area contributed by atoms with Crippen molar-refractivity contribution in [1.29, 1.82) is 0 Å². The zero-order valence-electron chi connectivity index (χ0n) is 4.62. The number of hydrogen-bond acceptors (Lipinski definition) is 3. The minimum Gasteiger partial charge on any atom is -0.383 e. The Morgan fingerprint density at radius 1 is 1.89 bits per heavy atom. The Bertz CT molecular complexity index is 157. The number of rotatable bonds is 0. The smallest absolute Gasteiger partial charge is 0.187 e. The molecule has 0 aromatic heterocycles. The van der Waals surface area contributed by atoms with Gasteiger partial charge in [0, 0.05) is 24.1 Å². The van der Waals surface area contributed by atoms with Gasteiger partial charge in [0.1, 0.15) is 6.10 Å². The van der Waals surface area contributed by atoms with Crippen LogP contribution in [0, 0.1) is 0 Å². The number of aliphatic hydroxyl groups is 1. The Morgan fingerprint density at radius 3 is 3.00 bits per heavy atom. The quantitative estimate of drug-likeness (QED) is 0.487. The standard InChI is InChI=1S/C5H6ClNO2/c6-7-2-1-4(8)5(9)3-7/h1-2,5,9H,3H2. The molecule has 1 atom stereocenters. The molecule has 4 heteroatoms. The molecule has 0 aromatic carbocycles. The molecule has 50 valence electrons. The second-order valence-electron chi connectivity index (χ2n) is 1.82. The minimum atomic E-state index is -0.951. The largest absolute Gasteiger partial charge is 0.383 e. The van der Waals surface area contributed by atoms with E-state index >= 15 is 0 Å². The molecule has 0 bridgehead atoms. The van der Waals surface area contributed by atoms with E-state index in [-0.39, 0.29) is 12.3 Å². The molecule has 0 fully saturated rings. The summed E-state index contributed by atoms with van der Waals surface area (Å²) in [6.07, 6.45) is 1.73. The molecular weight excluding hydrogens is 142 g/mol. The first-order valence-electron chi connectivity index (χ1n) is 2.52. The number of β-amino-alcohol motifs (C(OH)–C–C–N with tert-alkyl or cyclic N) is 1. The number of carbonyl (C=O) groups is 1. The van der Waals surface area contributed by atoms with Crippen LogP contribution >= 0.6 is 11.8 Å². The van der Waals surface area contributed by atoms with E-state index in [1.807, 2.05) is 0 Å². The highest BCUT2D eigenvalue weighted by molar-refractivity contribution is 6.15. The van der Waals surface area contributed by atoms with Crippen molar-refractivity contribution in [1.82, 2.24) is 4.42 Å². The van der Waals surface area contributed by atoms with Gasteiger partial charge in [0.2, 0.25) is 0 Å². The minimum absolute atomic E-state index is 0.177. The second kappa shape index (κ2) is 2.37. The van der Waals surface area contributed by atoms with Crippen LogP contribution in [0.2, 0.25) is 0 Å². The zero-order valence-corrected chi connectivity index (χ0v) is 5.38. The average Bonchev–Trinajstić information content (AvgIpc) is 1.80. The summed E-state index contributed by atoms with van der Waals surface area (Å²) in [7, 11) is 0. The van der Waals surface area contributed by atoms with Crippen LogP contribution in [0.15, 0.2) is 12.3 Å². The molecule has 0 spiro atoms. The summed E-state index contributed by atoms with van der Waals surface area (Å²) >= 11 is 5.41. The first-order chi connectivity index (χ1) is 4.20. The molecule has 1 rings (SSSR count). The maximum Gasteiger partial charge on any atom is 0.187 e. The van der Waals surface area contributed by atoms with Crippen LogP contribution in [0.1, 0.15) is 0 Å². The van der Waals surface area contributed by atoms with Crippen LogP contribution in [0.4, 0.5) is 0 Å². The third-order valence-electron chi connectivity index (χ3n) is 1.08. The summed E-state index contributed by atoms with van der Waals surface area (Å²) in [5.74, 6) is -0.285. The first-order valence-corrected chi connectivity index (χ1v) is 2.86. The molecule has 0 radical (unpaired) electrons. The van der Waals surface area contributed by atoms with E-state index in [0.717, 1.165) is 0 Å². The maximum absolute atomic E-state index is 10.5. The lowest BCUT2D eigenvalue weighted by molar-refractivity contribution is -0.123. The number of hydrogen-bond donors (Lipinski definition) is 1. The number of aliphatic hydroxyl groups excluding tert-OH is 1. The van der Waals surface area contributed by atoms with Crippen molar-refractivity contribution in [2.75, 3.05) is 6.54 Å². The lowest BCUT2D eigenvalue weighted by Gasteiger charge is -2.17. The van der Waals surface area contributed by atoms with Gasteiger partial charge in [-0.15, -0.1) is 0 Å². The summed E-state index contributed by atoms with van der Waals surface area (Å²) in [6, 6.07) is 0. The first kappa shape index (κ1) is 6.58. The van der Waals surface area contributed by atoms with Crippen LogP contribution in [-0.4, -0.2) is 28.0 Å². The molecule has 0 aliphatic carbocycles. The van der Waals surface area contributed by atoms with Crippen molar-refractivity contribution in [3.63, 3.8) is 0 Å². The van der Waals surface area contributed by atoms with Crippen molar-refractivity contribution in [2.24, 2.45) is 0 Å². The van der Waals surface area contributed by atoms with Crippen LogP contribution in [0.3, 0.4) is 0 Å². The Balaban J connectivity index is 2.65. The van der Waals surface area contributed by atoms with Crippen molar-refractivity contribution in [3.8, 4) is 0 Å². The molecule has 0 saturated heterocycles. The van der Waals surface area contributed by atoms with E-state index in [0.29, 0.717) is 0 Å². The van der Waals surface area contributed by atoms with E-state index in [1.165, 1.54) is 16.7 Å². The van der Waals surface area contributed by atoms with Gasteiger partial charge in [0.05, 0.1) is 6.54 Å². The predicted molar refractivity (Wildman–Crippen MR) is 32.7 cm³/mol. The molecule has 0 saturated carbocycles. The van der Waals surface area contributed by atoms with Crippen LogP contribution in [0.5, 0.6) is 0 Å². The fourth-order valence-electron chi connectivity index (χ4n) is 0.581. The number of carbonyl (C=O) groups excluding carboxylic acids is 1. The molecule has 3 nitrogen and oxygen atoms in total. The molecule has 9 heavy (non-hydrogen) atoms. The van der Waals surface area contributed by atoms with Gasteiger partial charge in [0.25, 0.3) is 0 Å². The third kappa shape index (κ3) is 1.43. The van der Waals surface area contributed by atoms with Crippen LogP contribution in [-0.2, 0) is 4.79 Å². The molecule has 1 unspecified atom stereocenters. The summed E-state index contributed by atoms with van der Waals surface area (Å²) in [6.45, 7) is 0.177. The van der Waals surface area contributed by atoms with Crippen molar-refractivity contribution in [3.05, 3.63) is 12.3 Å². The van der Waals surface area contributed by atoms with Crippen LogP contribution < -0.4 is 0 Å². The maximum atomic E-state index is 10.5. The van der Waals surface area contributed by atoms with E-state index in [9.17, 15) is 4.79 Å². The zero-order chi connectivity index (χ0) is 6.85. The molecule has 1 aliphatic rings. The molecule has 0 amide bonds. The van der Waals surface area contributed by atoms with E-state index in [4.69, 9.17) is 16.9 Å².